The van der Waals surface area contributed by atoms with E-state index in [4.69, 9.17) is 4.74 Å². The Morgan fingerprint density at radius 1 is 1.50 bits per heavy atom. The van der Waals surface area contributed by atoms with Gasteiger partial charge < -0.3 is 14.5 Å². The van der Waals surface area contributed by atoms with Crippen molar-refractivity contribution < 1.29 is 14.3 Å². The van der Waals surface area contributed by atoms with Crippen molar-refractivity contribution in [2.24, 2.45) is 0 Å². The largest absolute Gasteiger partial charge is 0.445 e. The summed E-state index contributed by atoms with van der Waals surface area (Å²) in [4.78, 5) is 27.0. The number of amides is 2. The van der Waals surface area contributed by atoms with Crippen molar-refractivity contribution in [2.75, 3.05) is 26.2 Å². The van der Waals surface area contributed by atoms with Crippen molar-refractivity contribution in [3.8, 4) is 0 Å². The van der Waals surface area contributed by atoms with E-state index in [2.05, 4.69) is 22.5 Å². The number of hydrogen-bond donors (Lipinski definition) is 0. The number of alkyl halides is 1. The Kier molecular flexibility index (Phi) is 4.27. The molecule has 0 aromatic heterocycles. The van der Waals surface area contributed by atoms with Crippen LogP contribution in [0.3, 0.4) is 0 Å². The van der Waals surface area contributed by atoms with Gasteiger partial charge in [-0.15, -0.1) is 0 Å². The van der Waals surface area contributed by atoms with Crippen LogP contribution in [0.15, 0.2) is 12.7 Å². The van der Waals surface area contributed by atoms with Gasteiger partial charge >= 0.3 is 6.09 Å². The molecule has 0 N–H and O–H groups in total. The highest BCUT2D eigenvalue weighted by Gasteiger charge is 2.38. The molecule has 2 aliphatic rings. The van der Waals surface area contributed by atoms with Gasteiger partial charge in [-0.2, -0.15) is 0 Å². The summed E-state index contributed by atoms with van der Waals surface area (Å²) in [6.45, 7) is 5.72. The number of halogens is 1. The van der Waals surface area contributed by atoms with Crippen LogP contribution in [0.1, 0.15) is 12.8 Å². The van der Waals surface area contributed by atoms with Crippen molar-refractivity contribution in [1.29, 1.82) is 0 Å². The van der Waals surface area contributed by atoms with E-state index in [1.165, 1.54) is 0 Å². The summed E-state index contributed by atoms with van der Waals surface area (Å²) in [6.07, 6.45) is 2.90. The van der Waals surface area contributed by atoms with E-state index >= 15 is 0 Å². The molecule has 2 fully saturated rings. The third kappa shape index (κ3) is 2.68. The molecule has 2 amide bonds. The van der Waals surface area contributed by atoms with E-state index in [1.807, 2.05) is 4.90 Å². The van der Waals surface area contributed by atoms with Crippen molar-refractivity contribution in [1.82, 2.24) is 9.80 Å². The second-order valence-corrected chi connectivity index (χ2v) is 5.65. The Morgan fingerprint density at radius 3 is 2.89 bits per heavy atom. The van der Waals surface area contributed by atoms with Gasteiger partial charge in [-0.25, -0.2) is 4.79 Å². The molecule has 2 aliphatic heterocycles. The molecule has 2 heterocycles. The number of carbonyl (C=O) groups is 2. The summed E-state index contributed by atoms with van der Waals surface area (Å²) in [7, 11) is 0. The van der Waals surface area contributed by atoms with E-state index in [9.17, 15) is 9.59 Å². The van der Waals surface area contributed by atoms with Crippen LogP contribution >= 0.6 is 15.9 Å². The van der Waals surface area contributed by atoms with Crippen LogP contribution in [-0.2, 0) is 9.53 Å². The van der Waals surface area contributed by atoms with Gasteiger partial charge in [-0.05, 0) is 12.8 Å². The van der Waals surface area contributed by atoms with Crippen LogP contribution in [0.2, 0.25) is 0 Å². The summed E-state index contributed by atoms with van der Waals surface area (Å²) in [5, 5.41) is 0. The lowest BCUT2D eigenvalue weighted by Gasteiger charge is -2.24. The Balaban J connectivity index is 1.86. The second-order valence-electron chi connectivity index (χ2n) is 4.54. The molecular formula is C12H17BrN2O3. The first-order chi connectivity index (χ1) is 8.63. The smallest absolute Gasteiger partial charge is 0.410 e. The molecule has 2 rings (SSSR count). The topological polar surface area (TPSA) is 49.9 Å². The van der Waals surface area contributed by atoms with Crippen molar-refractivity contribution in [3.05, 3.63) is 12.7 Å². The first-order valence-corrected chi connectivity index (χ1v) is 7.02. The zero-order valence-corrected chi connectivity index (χ0v) is 11.8. The average molecular weight is 317 g/mol. The van der Waals surface area contributed by atoms with Crippen LogP contribution in [0, 0.1) is 0 Å². The average Bonchev–Trinajstić information content (AvgIpc) is 2.95. The zero-order chi connectivity index (χ0) is 13.1. The third-order valence-corrected chi connectivity index (χ3v) is 4.21. The fourth-order valence-electron chi connectivity index (χ4n) is 2.41. The molecule has 5 nitrogen and oxygen atoms in total. The van der Waals surface area contributed by atoms with Gasteiger partial charge in [0.15, 0.2) is 0 Å². The fraction of sp³-hybridized carbons (Fsp3) is 0.667. The minimum atomic E-state index is -0.320. The van der Waals surface area contributed by atoms with Gasteiger partial charge in [0, 0.05) is 19.6 Å². The summed E-state index contributed by atoms with van der Waals surface area (Å²) >= 11 is 3.36. The number of rotatable bonds is 3. The molecule has 0 radical (unpaired) electrons. The number of carbonyl (C=O) groups excluding carboxylic acids is 2. The van der Waals surface area contributed by atoms with Gasteiger partial charge in [-0.3, -0.25) is 4.79 Å². The molecule has 18 heavy (non-hydrogen) atoms. The Hall–Kier alpha value is -1.04. The molecule has 2 unspecified atom stereocenters. The van der Waals surface area contributed by atoms with E-state index < -0.39 is 0 Å². The normalized spacial score (nSPS) is 27.7. The molecule has 6 heteroatoms. The molecule has 0 aromatic rings. The highest BCUT2D eigenvalue weighted by atomic mass is 79.9. The number of hydrogen-bond acceptors (Lipinski definition) is 3. The van der Waals surface area contributed by atoms with Crippen molar-refractivity contribution in [2.45, 2.75) is 23.7 Å². The maximum atomic E-state index is 11.9. The summed E-state index contributed by atoms with van der Waals surface area (Å²) in [6, 6.07) is 0.135. The van der Waals surface area contributed by atoms with Crippen molar-refractivity contribution in [3.63, 3.8) is 0 Å². The lowest BCUT2D eigenvalue weighted by molar-refractivity contribution is -0.128. The predicted octanol–water partition coefficient (Wildman–Crippen LogP) is 1.38. The van der Waals surface area contributed by atoms with E-state index in [0.29, 0.717) is 13.1 Å². The SMILES string of the molecule is C=CCOC(=O)N1CCC(N2CCC(Br)C2=O)C1. The predicted molar refractivity (Wildman–Crippen MR) is 70.6 cm³/mol. The van der Waals surface area contributed by atoms with E-state index in [-0.39, 0.29) is 29.5 Å². The molecule has 2 atom stereocenters. The fourth-order valence-corrected chi connectivity index (χ4v) is 2.88. The third-order valence-electron chi connectivity index (χ3n) is 3.36. The minimum absolute atomic E-state index is 0.0562. The number of nitrogens with zero attached hydrogens (tertiary/aromatic N) is 2. The highest BCUT2D eigenvalue weighted by molar-refractivity contribution is 9.10. The van der Waals surface area contributed by atoms with Crippen LogP contribution in [0.25, 0.3) is 0 Å². The van der Waals surface area contributed by atoms with Gasteiger partial charge in [0.2, 0.25) is 5.91 Å². The summed E-state index contributed by atoms with van der Waals surface area (Å²) in [5.74, 6) is 0.140. The zero-order valence-electron chi connectivity index (χ0n) is 10.2. The highest BCUT2D eigenvalue weighted by Crippen LogP contribution is 2.25. The van der Waals surface area contributed by atoms with Crippen LogP contribution < -0.4 is 0 Å². The molecular weight excluding hydrogens is 300 g/mol. The monoisotopic (exact) mass is 316 g/mol. The summed E-state index contributed by atoms with van der Waals surface area (Å²) < 4.78 is 4.99. The first kappa shape index (κ1) is 13.4. The molecule has 0 aromatic carbocycles. The lowest BCUT2D eigenvalue weighted by atomic mass is 10.2. The van der Waals surface area contributed by atoms with Gasteiger partial charge in [0.25, 0.3) is 0 Å². The number of likely N-dealkylation sites (tertiary alicyclic amines) is 2. The Morgan fingerprint density at radius 2 is 2.28 bits per heavy atom. The first-order valence-electron chi connectivity index (χ1n) is 6.10. The van der Waals surface area contributed by atoms with Crippen LogP contribution in [-0.4, -0.2) is 58.9 Å². The maximum Gasteiger partial charge on any atom is 0.410 e. The lowest BCUT2D eigenvalue weighted by Crippen LogP contribution is -2.40. The molecule has 0 spiro atoms. The molecule has 100 valence electrons. The Labute approximate surface area is 115 Å². The quantitative estimate of drug-likeness (QED) is 0.584. The molecule has 0 saturated carbocycles. The summed E-state index contributed by atoms with van der Waals surface area (Å²) in [5.41, 5.74) is 0. The minimum Gasteiger partial charge on any atom is -0.445 e. The van der Waals surface area contributed by atoms with Gasteiger partial charge in [0.05, 0.1) is 10.9 Å². The van der Waals surface area contributed by atoms with Crippen molar-refractivity contribution >= 4 is 27.9 Å². The second kappa shape index (κ2) is 5.73. The van der Waals surface area contributed by atoms with Gasteiger partial charge in [0.1, 0.15) is 6.61 Å². The standard InChI is InChI=1S/C12H17BrN2O3/c1-2-7-18-12(17)14-5-3-9(8-14)15-6-4-10(13)11(15)16/h2,9-10H,1,3-8H2. The molecule has 0 aliphatic carbocycles. The maximum absolute atomic E-state index is 11.9. The molecule has 2 saturated heterocycles. The van der Waals surface area contributed by atoms with Gasteiger partial charge in [-0.1, -0.05) is 28.6 Å². The number of ether oxygens (including phenoxy) is 1. The molecule has 0 bridgehead atoms. The van der Waals surface area contributed by atoms with E-state index in [0.717, 1.165) is 19.4 Å². The van der Waals surface area contributed by atoms with Crippen LogP contribution in [0.5, 0.6) is 0 Å². The Bertz CT molecular complexity index is 361. The van der Waals surface area contributed by atoms with E-state index in [1.54, 1.807) is 11.0 Å². The van der Waals surface area contributed by atoms with Crippen LogP contribution in [0.4, 0.5) is 4.79 Å².